The van der Waals surface area contributed by atoms with Gasteiger partial charge in [-0.05, 0) is 18.6 Å². The van der Waals surface area contributed by atoms with E-state index in [0.717, 1.165) is 36.4 Å². The van der Waals surface area contributed by atoms with Crippen LogP contribution in [0.1, 0.15) is 17.7 Å². The number of β-amino-alcohol motifs (C(OH)–C–C–N with tert-alkyl or cyclic N) is 1. The fraction of sp³-hybridized carbons (Fsp3) is 0.500. The summed E-state index contributed by atoms with van der Waals surface area (Å²) < 4.78 is 28.4. The Labute approximate surface area is 174 Å². The van der Waals surface area contributed by atoms with Gasteiger partial charge in [0.05, 0.1) is 42.4 Å². The molecule has 0 saturated carbocycles. The van der Waals surface area contributed by atoms with E-state index in [1.54, 1.807) is 6.20 Å². The SMILES string of the molecule is Cn1cc2c(n1)CN(c1ccc3cnc(N[C@@H]4CCN(S(C)(=O)=O)C[C@H]4O)nn13)C2. The molecule has 0 unspecified atom stereocenters. The van der Waals surface area contributed by atoms with E-state index >= 15 is 0 Å². The van der Waals surface area contributed by atoms with Crippen LogP contribution in [-0.4, -0.2) is 73.7 Å². The molecule has 2 aliphatic rings. The van der Waals surface area contributed by atoms with Crippen LogP contribution >= 0.6 is 0 Å². The normalized spacial score (nSPS) is 22.6. The zero-order valence-corrected chi connectivity index (χ0v) is 17.6. The number of nitrogens with one attached hydrogen (secondary N) is 1. The first-order chi connectivity index (χ1) is 14.3. The van der Waals surface area contributed by atoms with E-state index in [9.17, 15) is 13.5 Å². The molecule has 12 heteroatoms. The summed E-state index contributed by atoms with van der Waals surface area (Å²) in [6, 6.07) is 3.66. The van der Waals surface area contributed by atoms with Crippen LogP contribution in [0, 0.1) is 0 Å². The van der Waals surface area contributed by atoms with Crippen LogP contribution in [0.4, 0.5) is 11.8 Å². The summed E-state index contributed by atoms with van der Waals surface area (Å²) in [6.45, 7) is 1.90. The lowest BCUT2D eigenvalue weighted by atomic mass is 10.0. The molecule has 0 bridgehead atoms. The summed E-state index contributed by atoms with van der Waals surface area (Å²) in [5.74, 6) is 1.34. The highest BCUT2D eigenvalue weighted by atomic mass is 32.2. The van der Waals surface area contributed by atoms with Gasteiger partial charge in [-0.1, -0.05) is 0 Å². The summed E-state index contributed by atoms with van der Waals surface area (Å²) in [5, 5.41) is 22.7. The molecule has 1 fully saturated rings. The molecule has 3 aromatic rings. The molecule has 0 spiro atoms. The van der Waals surface area contributed by atoms with E-state index in [2.05, 4.69) is 25.4 Å². The van der Waals surface area contributed by atoms with Gasteiger partial charge < -0.3 is 15.3 Å². The number of aliphatic hydroxyl groups excluding tert-OH is 1. The molecule has 11 nitrogen and oxygen atoms in total. The van der Waals surface area contributed by atoms with Crippen LogP contribution in [0.15, 0.2) is 24.5 Å². The molecule has 5 heterocycles. The van der Waals surface area contributed by atoms with Crippen molar-refractivity contribution in [1.82, 2.24) is 28.7 Å². The van der Waals surface area contributed by atoms with E-state index < -0.39 is 16.1 Å². The highest BCUT2D eigenvalue weighted by Gasteiger charge is 2.32. The monoisotopic (exact) mass is 432 g/mol. The van der Waals surface area contributed by atoms with E-state index in [1.807, 2.05) is 34.6 Å². The first kappa shape index (κ1) is 19.3. The number of rotatable bonds is 4. The Kier molecular flexibility index (Phi) is 4.45. The Morgan fingerprint density at radius 2 is 2.07 bits per heavy atom. The summed E-state index contributed by atoms with van der Waals surface area (Å²) >= 11 is 0. The van der Waals surface area contributed by atoms with Gasteiger partial charge in [0.15, 0.2) is 0 Å². The van der Waals surface area contributed by atoms with Gasteiger partial charge in [-0.2, -0.15) is 9.40 Å². The van der Waals surface area contributed by atoms with Gasteiger partial charge in [0.2, 0.25) is 16.0 Å². The molecule has 2 N–H and O–H groups in total. The molecule has 160 valence electrons. The molecule has 2 aliphatic heterocycles. The molecule has 0 aromatic carbocycles. The fourth-order valence-electron chi connectivity index (χ4n) is 4.18. The van der Waals surface area contributed by atoms with Crippen molar-refractivity contribution in [2.24, 2.45) is 7.05 Å². The summed E-state index contributed by atoms with van der Waals surface area (Å²) in [5.41, 5.74) is 3.15. The lowest BCUT2D eigenvalue weighted by molar-refractivity contribution is 0.0950. The number of aromatic nitrogens is 5. The minimum Gasteiger partial charge on any atom is -0.390 e. The first-order valence-corrected chi connectivity index (χ1v) is 11.6. The number of sulfonamides is 1. The largest absolute Gasteiger partial charge is 0.390 e. The molecule has 3 aromatic heterocycles. The quantitative estimate of drug-likeness (QED) is 0.581. The van der Waals surface area contributed by atoms with Crippen molar-refractivity contribution in [1.29, 1.82) is 0 Å². The van der Waals surface area contributed by atoms with Crippen LogP contribution < -0.4 is 10.2 Å². The first-order valence-electron chi connectivity index (χ1n) is 9.79. The second kappa shape index (κ2) is 6.93. The predicted molar refractivity (Wildman–Crippen MR) is 111 cm³/mol. The van der Waals surface area contributed by atoms with Gasteiger partial charge >= 0.3 is 0 Å². The van der Waals surface area contributed by atoms with Crippen LogP contribution in [0.25, 0.3) is 5.52 Å². The van der Waals surface area contributed by atoms with Crippen molar-refractivity contribution in [3.05, 3.63) is 35.8 Å². The molecule has 0 radical (unpaired) electrons. The highest BCUT2D eigenvalue weighted by Crippen LogP contribution is 2.28. The standard InChI is InChI=1S/C18H24N8O3S/c1-23-8-12-9-24(10-15(12)21-23)17-4-3-13-7-19-18(22-26(13)17)20-14-5-6-25(11-16(14)27)30(2,28)29/h3-4,7-8,14,16,27H,5-6,9-11H2,1-2H3,(H,20,22)/t14-,16-/m1/s1. The molecular weight excluding hydrogens is 408 g/mol. The van der Waals surface area contributed by atoms with E-state index in [-0.39, 0.29) is 12.6 Å². The van der Waals surface area contributed by atoms with Crippen LogP contribution in [0.5, 0.6) is 0 Å². The van der Waals surface area contributed by atoms with Crippen molar-refractivity contribution in [3.63, 3.8) is 0 Å². The van der Waals surface area contributed by atoms with Gasteiger partial charge in [0.1, 0.15) is 5.82 Å². The number of piperidine rings is 1. The number of hydrogen-bond acceptors (Lipinski definition) is 8. The third kappa shape index (κ3) is 3.40. The molecule has 30 heavy (non-hydrogen) atoms. The Morgan fingerprint density at radius 1 is 1.23 bits per heavy atom. The summed E-state index contributed by atoms with van der Waals surface area (Å²) in [6.07, 6.45) is 4.57. The van der Waals surface area contributed by atoms with Crippen molar-refractivity contribution in [2.75, 3.05) is 29.6 Å². The van der Waals surface area contributed by atoms with Crippen LogP contribution in [-0.2, 0) is 30.2 Å². The van der Waals surface area contributed by atoms with Gasteiger partial charge in [0, 0.05) is 38.4 Å². The maximum Gasteiger partial charge on any atom is 0.241 e. The zero-order chi connectivity index (χ0) is 21.0. The van der Waals surface area contributed by atoms with Crippen LogP contribution in [0.2, 0.25) is 0 Å². The Hall–Kier alpha value is -2.70. The van der Waals surface area contributed by atoms with E-state index in [4.69, 9.17) is 0 Å². The minimum absolute atomic E-state index is 0.0625. The fourth-order valence-corrected chi connectivity index (χ4v) is 5.05. The van der Waals surface area contributed by atoms with Crippen LogP contribution in [0.3, 0.4) is 0 Å². The van der Waals surface area contributed by atoms with Gasteiger partial charge in [0.25, 0.3) is 0 Å². The second-order valence-electron chi connectivity index (χ2n) is 7.97. The third-order valence-electron chi connectivity index (χ3n) is 5.72. The average Bonchev–Trinajstić information content (AvgIpc) is 3.34. The summed E-state index contributed by atoms with van der Waals surface area (Å²) in [7, 11) is -1.39. The lowest BCUT2D eigenvalue weighted by Crippen LogP contribution is -2.51. The highest BCUT2D eigenvalue weighted by molar-refractivity contribution is 7.88. The zero-order valence-electron chi connectivity index (χ0n) is 16.8. The van der Waals surface area contributed by atoms with Gasteiger partial charge in [-0.15, -0.1) is 5.10 Å². The molecule has 0 amide bonds. The molecule has 5 rings (SSSR count). The Bertz CT molecular complexity index is 1180. The topological polar surface area (TPSA) is 121 Å². The van der Waals surface area contributed by atoms with E-state index in [0.29, 0.717) is 18.9 Å². The number of hydrogen-bond donors (Lipinski definition) is 2. The lowest BCUT2D eigenvalue weighted by Gasteiger charge is -2.34. The maximum absolute atomic E-state index is 11.7. The molecule has 0 aliphatic carbocycles. The molecule has 2 atom stereocenters. The van der Waals surface area contributed by atoms with Crippen molar-refractivity contribution in [3.8, 4) is 0 Å². The smallest absolute Gasteiger partial charge is 0.241 e. The molecular formula is C18H24N8O3S. The number of nitrogens with zero attached hydrogens (tertiary/aromatic N) is 7. The number of aryl methyl sites for hydroxylation is 1. The Balaban J connectivity index is 1.34. The molecule has 1 saturated heterocycles. The minimum atomic E-state index is -3.31. The average molecular weight is 433 g/mol. The number of aliphatic hydroxyl groups is 1. The third-order valence-corrected chi connectivity index (χ3v) is 6.99. The van der Waals surface area contributed by atoms with Crippen molar-refractivity contribution in [2.45, 2.75) is 31.7 Å². The Morgan fingerprint density at radius 3 is 2.80 bits per heavy atom. The second-order valence-corrected chi connectivity index (χ2v) is 9.95. The summed E-state index contributed by atoms with van der Waals surface area (Å²) in [4.78, 5) is 6.57. The van der Waals surface area contributed by atoms with Crippen molar-refractivity contribution < 1.29 is 13.5 Å². The predicted octanol–water partition coefficient (Wildman–Crippen LogP) is -0.210. The van der Waals surface area contributed by atoms with E-state index in [1.165, 1.54) is 9.87 Å². The number of fused-ring (bicyclic) bond motifs is 2. The van der Waals surface area contributed by atoms with Crippen molar-refractivity contribution >= 4 is 27.3 Å². The maximum atomic E-state index is 11.7. The van der Waals surface area contributed by atoms with Gasteiger partial charge in [-0.3, -0.25) is 4.68 Å². The number of anilines is 2. The van der Waals surface area contributed by atoms with Gasteiger partial charge in [-0.25, -0.2) is 17.9 Å².